The predicted octanol–water partition coefficient (Wildman–Crippen LogP) is 1.79. The average molecular weight is 296 g/mol. The zero-order chi connectivity index (χ0) is 14.9. The van der Waals surface area contributed by atoms with Crippen molar-refractivity contribution in [1.82, 2.24) is 5.16 Å². The highest BCUT2D eigenvalue weighted by Gasteiger charge is 2.20. The minimum Gasteiger partial charge on any atom is -0.496 e. The van der Waals surface area contributed by atoms with Crippen molar-refractivity contribution in [3.63, 3.8) is 0 Å². The molecule has 0 aliphatic rings. The third-order valence-corrected chi connectivity index (χ3v) is 3.68. The number of sulfone groups is 1. The molecule has 20 heavy (non-hydrogen) atoms. The summed E-state index contributed by atoms with van der Waals surface area (Å²) in [7, 11) is -1.66. The summed E-state index contributed by atoms with van der Waals surface area (Å²) < 4.78 is 33.0. The summed E-state index contributed by atoms with van der Waals surface area (Å²) >= 11 is 0. The highest BCUT2D eigenvalue weighted by molar-refractivity contribution is 7.89. The van der Waals surface area contributed by atoms with E-state index < -0.39 is 9.84 Å². The van der Waals surface area contributed by atoms with Gasteiger partial charge in [0, 0.05) is 6.26 Å². The minimum absolute atomic E-state index is 0.0922. The van der Waals surface area contributed by atoms with Crippen molar-refractivity contribution < 1.29 is 17.7 Å². The number of nitrogen functional groups attached to an aromatic ring is 1. The third-order valence-electron chi connectivity index (χ3n) is 2.88. The Kier molecular flexibility index (Phi) is 3.71. The Labute approximate surface area is 117 Å². The molecule has 1 heterocycles. The number of nitrogens with two attached hydrogens (primary N) is 1. The van der Waals surface area contributed by atoms with E-state index in [0.29, 0.717) is 22.6 Å². The minimum atomic E-state index is -3.23. The number of ether oxygens (including phenoxy) is 1. The van der Waals surface area contributed by atoms with Gasteiger partial charge in [0.25, 0.3) is 0 Å². The lowest BCUT2D eigenvalue weighted by Crippen LogP contribution is -2.02. The van der Waals surface area contributed by atoms with E-state index in [4.69, 9.17) is 15.0 Å². The number of nitrogens with zero attached hydrogens (tertiary/aromatic N) is 1. The van der Waals surface area contributed by atoms with Gasteiger partial charge in [-0.2, -0.15) is 0 Å². The van der Waals surface area contributed by atoms with Gasteiger partial charge in [0.15, 0.2) is 9.84 Å². The molecule has 7 heteroatoms. The molecule has 0 radical (unpaired) electrons. The molecule has 0 spiro atoms. The molecular weight excluding hydrogens is 280 g/mol. The molecule has 0 amide bonds. The van der Waals surface area contributed by atoms with E-state index >= 15 is 0 Å². The Bertz CT molecular complexity index is 735. The zero-order valence-electron chi connectivity index (χ0n) is 11.5. The number of hydrogen-bond acceptors (Lipinski definition) is 6. The maximum absolute atomic E-state index is 11.4. The first-order chi connectivity index (χ1) is 9.31. The van der Waals surface area contributed by atoms with Gasteiger partial charge in [-0.25, -0.2) is 8.42 Å². The molecule has 1 aromatic carbocycles. The van der Waals surface area contributed by atoms with Crippen LogP contribution in [0.25, 0.3) is 11.1 Å². The summed E-state index contributed by atoms with van der Waals surface area (Å²) in [4.78, 5) is 0. The lowest BCUT2D eigenvalue weighted by molar-refractivity contribution is 0.412. The largest absolute Gasteiger partial charge is 0.496 e. The van der Waals surface area contributed by atoms with Gasteiger partial charge < -0.3 is 15.0 Å². The van der Waals surface area contributed by atoms with Crippen LogP contribution >= 0.6 is 0 Å². The van der Waals surface area contributed by atoms with Crippen molar-refractivity contribution in [3.8, 4) is 16.9 Å². The van der Waals surface area contributed by atoms with E-state index in [1.807, 2.05) is 19.1 Å². The van der Waals surface area contributed by atoms with Crippen LogP contribution in [0.4, 0.5) is 5.88 Å². The number of anilines is 1. The number of benzene rings is 1. The van der Waals surface area contributed by atoms with E-state index in [1.165, 1.54) is 0 Å². The van der Waals surface area contributed by atoms with Crippen LogP contribution in [0, 0.1) is 6.92 Å². The van der Waals surface area contributed by atoms with Gasteiger partial charge in [0.1, 0.15) is 11.4 Å². The molecule has 0 fully saturated rings. The fourth-order valence-corrected chi connectivity index (χ4v) is 2.66. The highest BCUT2D eigenvalue weighted by Crippen LogP contribution is 2.33. The van der Waals surface area contributed by atoms with E-state index in [1.54, 1.807) is 13.2 Å². The Hall–Kier alpha value is -2.02. The molecule has 0 bridgehead atoms. The summed E-state index contributed by atoms with van der Waals surface area (Å²) in [6, 6.07) is 5.47. The van der Waals surface area contributed by atoms with Crippen molar-refractivity contribution in [1.29, 1.82) is 0 Å². The molecule has 0 saturated carbocycles. The van der Waals surface area contributed by atoms with Crippen molar-refractivity contribution in [2.45, 2.75) is 12.7 Å². The Balaban J connectivity index is 2.55. The van der Waals surface area contributed by atoms with Crippen LogP contribution in [0.15, 0.2) is 22.7 Å². The number of methoxy groups -OCH3 is 1. The molecule has 0 aliphatic carbocycles. The Morgan fingerprint density at radius 1 is 1.40 bits per heavy atom. The predicted molar refractivity (Wildman–Crippen MR) is 76.2 cm³/mol. The molecule has 0 saturated heterocycles. The van der Waals surface area contributed by atoms with Crippen LogP contribution in [0.5, 0.6) is 5.75 Å². The molecule has 2 aromatic rings. The number of aryl methyl sites for hydroxylation is 1. The quantitative estimate of drug-likeness (QED) is 0.924. The number of aromatic nitrogens is 1. The van der Waals surface area contributed by atoms with E-state index in [2.05, 4.69) is 5.16 Å². The van der Waals surface area contributed by atoms with Crippen molar-refractivity contribution in [2.24, 2.45) is 0 Å². The van der Waals surface area contributed by atoms with Crippen LogP contribution in [0.3, 0.4) is 0 Å². The molecular formula is C13H16N2O4S. The first-order valence-electron chi connectivity index (χ1n) is 5.88. The van der Waals surface area contributed by atoms with Crippen molar-refractivity contribution in [3.05, 3.63) is 29.5 Å². The summed E-state index contributed by atoms with van der Waals surface area (Å²) in [5, 5.41) is 3.74. The maximum atomic E-state index is 11.4. The van der Waals surface area contributed by atoms with Crippen molar-refractivity contribution in [2.75, 3.05) is 19.1 Å². The summed E-state index contributed by atoms with van der Waals surface area (Å²) in [6.07, 6.45) is 1.14. The fraction of sp³-hybridized carbons (Fsp3) is 0.308. The van der Waals surface area contributed by atoms with E-state index in [9.17, 15) is 8.42 Å². The van der Waals surface area contributed by atoms with Crippen molar-refractivity contribution >= 4 is 15.7 Å². The smallest absolute Gasteiger partial charge is 0.230 e. The van der Waals surface area contributed by atoms with Gasteiger partial charge >= 0.3 is 0 Å². The Morgan fingerprint density at radius 2 is 2.10 bits per heavy atom. The normalized spacial score (nSPS) is 11.6. The van der Waals surface area contributed by atoms with Crippen LogP contribution < -0.4 is 10.5 Å². The SMILES string of the molecule is COc1cc(-c2c(CS(C)(=O)=O)noc2N)ccc1C. The summed E-state index contributed by atoms with van der Waals surface area (Å²) in [5.74, 6) is 0.558. The summed E-state index contributed by atoms with van der Waals surface area (Å²) in [6.45, 7) is 1.91. The van der Waals surface area contributed by atoms with Crippen LogP contribution in [-0.4, -0.2) is 26.9 Å². The molecule has 2 rings (SSSR count). The van der Waals surface area contributed by atoms with Gasteiger partial charge in [-0.3, -0.25) is 0 Å². The maximum Gasteiger partial charge on any atom is 0.230 e. The molecule has 0 aliphatic heterocycles. The van der Waals surface area contributed by atoms with Crippen LogP contribution in [-0.2, 0) is 15.6 Å². The average Bonchev–Trinajstić information content (AvgIpc) is 2.69. The molecule has 108 valence electrons. The van der Waals surface area contributed by atoms with E-state index in [0.717, 1.165) is 11.8 Å². The Morgan fingerprint density at radius 3 is 2.70 bits per heavy atom. The molecule has 2 N–H and O–H groups in total. The number of rotatable bonds is 4. The third kappa shape index (κ3) is 2.93. The second-order valence-electron chi connectivity index (χ2n) is 4.62. The van der Waals surface area contributed by atoms with Crippen LogP contribution in [0.2, 0.25) is 0 Å². The van der Waals surface area contributed by atoms with Gasteiger partial charge in [-0.1, -0.05) is 17.3 Å². The van der Waals surface area contributed by atoms with Crippen LogP contribution in [0.1, 0.15) is 11.3 Å². The monoisotopic (exact) mass is 296 g/mol. The molecule has 0 atom stereocenters. The molecule has 0 unspecified atom stereocenters. The molecule has 6 nitrogen and oxygen atoms in total. The lowest BCUT2D eigenvalue weighted by Gasteiger charge is -2.07. The summed E-state index contributed by atoms with van der Waals surface area (Å²) in [5.41, 5.74) is 8.23. The second kappa shape index (κ2) is 5.16. The standard InChI is InChI=1S/C13H16N2O4S/c1-8-4-5-9(6-11(8)18-2)12-10(7-20(3,16)17)15-19-13(12)14/h4-6H,7,14H2,1-3H3. The van der Waals surface area contributed by atoms with Gasteiger partial charge in [0.05, 0.1) is 18.4 Å². The first kappa shape index (κ1) is 14.4. The van der Waals surface area contributed by atoms with Gasteiger partial charge in [-0.15, -0.1) is 0 Å². The van der Waals surface area contributed by atoms with Gasteiger partial charge in [-0.05, 0) is 24.1 Å². The first-order valence-corrected chi connectivity index (χ1v) is 7.94. The molecule has 1 aromatic heterocycles. The second-order valence-corrected chi connectivity index (χ2v) is 6.76. The lowest BCUT2D eigenvalue weighted by atomic mass is 10.0. The number of hydrogen-bond donors (Lipinski definition) is 1. The zero-order valence-corrected chi connectivity index (χ0v) is 12.3. The highest BCUT2D eigenvalue weighted by atomic mass is 32.2. The topological polar surface area (TPSA) is 95.4 Å². The van der Waals surface area contributed by atoms with E-state index in [-0.39, 0.29) is 11.6 Å². The fourth-order valence-electron chi connectivity index (χ4n) is 1.97. The van der Waals surface area contributed by atoms with Gasteiger partial charge in [0.2, 0.25) is 5.88 Å².